The molecule has 2 rings (SSSR count). The van der Waals surface area contributed by atoms with Crippen molar-refractivity contribution in [1.29, 1.82) is 0 Å². The Labute approximate surface area is 99.1 Å². The van der Waals surface area contributed by atoms with Gasteiger partial charge in [0.2, 0.25) is 5.90 Å². The SMILES string of the molecule is CC1(C)COC(C2=CC=CC2[Si](C)(C)C)=N1. The lowest BCUT2D eigenvalue weighted by Crippen LogP contribution is -2.29. The third-order valence-corrected chi connectivity index (χ3v) is 5.43. The molecule has 0 aromatic rings. The maximum Gasteiger partial charge on any atom is 0.212 e. The van der Waals surface area contributed by atoms with Crippen molar-refractivity contribution in [2.45, 2.75) is 44.6 Å². The zero-order chi connectivity index (χ0) is 12.0. The topological polar surface area (TPSA) is 21.6 Å². The summed E-state index contributed by atoms with van der Waals surface area (Å²) >= 11 is 0. The van der Waals surface area contributed by atoms with Crippen molar-refractivity contribution in [3.05, 3.63) is 23.8 Å². The summed E-state index contributed by atoms with van der Waals surface area (Å²) in [6, 6.07) is 0. The van der Waals surface area contributed by atoms with Gasteiger partial charge in [-0.05, 0) is 13.8 Å². The molecule has 3 heteroatoms. The molecular weight excluding hydrogens is 214 g/mol. The number of ether oxygens (including phenoxy) is 1. The minimum atomic E-state index is -1.22. The van der Waals surface area contributed by atoms with Gasteiger partial charge in [-0.15, -0.1) is 0 Å². The predicted octanol–water partition coefficient (Wildman–Crippen LogP) is 3.40. The molecule has 0 amide bonds. The molecule has 1 heterocycles. The molecule has 1 unspecified atom stereocenters. The smallest absolute Gasteiger partial charge is 0.212 e. The molecule has 0 aromatic heterocycles. The van der Waals surface area contributed by atoms with E-state index in [9.17, 15) is 0 Å². The summed E-state index contributed by atoms with van der Waals surface area (Å²) in [6.07, 6.45) is 6.62. The second kappa shape index (κ2) is 3.59. The van der Waals surface area contributed by atoms with E-state index >= 15 is 0 Å². The Morgan fingerprint density at radius 1 is 1.38 bits per heavy atom. The van der Waals surface area contributed by atoms with Gasteiger partial charge < -0.3 is 4.74 Å². The Kier molecular flexibility index (Phi) is 2.61. The molecule has 0 bridgehead atoms. The zero-order valence-electron chi connectivity index (χ0n) is 10.9. The van der Waals surface area contributed by atoms with Gasteiger partial charge in [-0.25, -0.2) is 4.99 Å². The van der Waals surface area contributed by atoms with E-state index in [1.165, 1.54) is 5.57 Å². The van der Waals surface area contributed by atoms with Crippen LogP contribution in [0.25, 0.3) is 0 Å². The van der Waals surface area contributed by atoms with Crippen LogP contribution >= 0.6 is 0 Å². The van der Waals surface area contributed by atoms with E-state index < -0.39 is 8.07 Å². The van der Waals surface area contributed by atoms with Crippen molar-refractivity contribution >= 4 is 14.0 Å². The first-order valence-corrected chi connectivity index (χ1v) is 9.49. The van der Waals surface area contributed by atoms with Crippen molar-refractivity contribution in [2.24, 2.45) is 4.99 Å². The maximum absolute atomic E-state index is 5.74. The van der Waals surface area contributed by atoms with Gasteiger partial charge in [0.25, 0.3) is 0 Å². The molecule has 2 aliphatic rings. The van der Waals surface area contributed by atoms with Gasteiger partial charge >= 0.3 is 0 Å². The second-order valence-electron chi connectivity index (χ2n) is 6.37. The highest BCUT2D eigenvalue weighted by atomic mass is 28.3. The Morgan fingerprint density at radius 2 is 2.06 bits per heavy atom. The van der Waals surface area contributed by atoms with Crippen molar-refractivity contribution in [2.75, 3.05) is 6.61 Å². The van der Waals surface area contributed by atoms with E-state index in [0.29, 0.717) is 12.1 Å². The minimum Gasteiger partial charge on any atom is -0.475 e. The average molecular weight is 235 g/mol. The maximum atomic E-state index is 5.74. The minimum absolute atomic E-state index is 0.0528. The molecule has 0 saturated heterocycles. The monoisotopic (exact) mass is 235 g/mol. The quantitative estimate of drug-likeness (QED) is 0.672. The van der Waals surface area contributed by atoms with Crippen LogP contribution in [0.4, 0.5) is 0 Å². The highest BCUT2D eigenvalue weighted by Gasteiger charge is 2.36. The van der Waals surface area contributed by atoms with Crippen molar-refractivity contribution < 1.29 is 4.74 Å². The van der Waals surface area contributed by atoms with Crippen LogP contribution in [0.3, 0.4) is 0 Å². The first-order valence-electron chi connectivity index (χ1n) is 5.91. The second-order valence-corrected chi connectivity index (χ2v) is 11.7. The lowest BCUT2D eigenvalue weighted by atomic mass is 10.1. The van der Waals surface area contributed by atoms with Crippen molar-refractivity contribution in [1.82, 2.24) is 0 Å². The van der Waals surface area contributed by atoms with E-state index in [0.717, 1.165) is 5.90 Å². The summed E-state index contributed by atoms with van der Waals surface area (Å²) in [5.41, 5.74) is 1.80. The van der Waals surface area contributed by atoms with Gasteiger partial charge in [-0.2, -0.15) is 0 Å². The molecule has 88 valence electrons. The molecule has 1 atom stereocenters. The van der Waals surface area contributed by atoms with Crippen LogP contribution in [0, 0.1) is 0 Å². The largest absolute Gasteiger partial charge is 0.475 e. The summed E-state index contributed by atoms with van der Waals surface area (Å²) in [7, 11) is -1.22. The number of rotatable bonds is 2. The van der Waals surface area contributed by atoms with Crippen LogP contribution in [0.15, 0.2) is 28.8 Å². The number of allylic oxidation sites excluding steroid dienone is 3. The van der Waals surface area contributed by atoms with Gasteiger partial charge in [0, 0.05) is 11.1 Å². The van der Waals surface area contributed by atoms with Gasteiger partial charge in [0.05, 0.1) is 13.6 Å². The molecule has 16 heavy (non-hydrogen) atoms. The standard InChI is InChI=1S/C13H21NOSi/c1-13(2)9-15-12(14-13)10-7-6-8-11(10)16(3,4)5/h6-8,11H,9H2,1-5H3. The Hall–Kier alpha value is -0.833. The molecule has 0 spiro atoms. The zero-order valence-corrected chi connectivity index (χ0v) is 11.9. The van der Waals surface area contributed by atoms with Crippen LogP contribution in [0.1, 0.15) is 13.8 Å². The number of hydrogen-bond acceptors (Lipinski definition) is 2. The lowest BCUT2D eigenvalue weighted by Gasteiger charge is -2.25. The fourth-order valence-electron chi connectivity index (χ4n) is 2.17. The van der Waals surface area contributed by atoms with Crippen LogP contribution in [0.2, 0.25) is 25.2 Å². The molecule has 2 nitrogen and oxygen atoms in total. The Bertz CT molecular complexity index is 385. The normalized spacial score (nSPS) is 27.7. The molecule has 1 aliphatic heterocycles. The molecule has 0 saturated carbocycles. The molecular formula is C13H21NOSi. The van der Waals surface area contributed by atoms with E-state index in [1.54, 1.807) is 0 Å². The fraction of sp³-hybridized carbons (Fsp3) is 0.615. The summed E-state index contributed by atoms with van der Waals surface area (Å²) in [5.74, 6) is 0.877. The summed E-state index contributed by atoms with van der Waals surface area (Å²) in [5, 5.41) is 0. The molecule has 0 N–H and O–H groups in total. The molecule has 0 radical (unpaired) electrons. The number of hydrogen-bond donors (Lipinski definition) is 0. The third-order valence-electron chi connectivity index (χ3n) is 3.06. The molecule has 0 aromatic carbocycles. The van der Waals surface area contributed by atoms with Gasteiger partial charge in [-0.1, -0.05) is 37.9 Å². The van der Waals surface area contributed by atoms with E-state index in [2.05, 4.69) is 56.7 Å². The highest BCUT2D eigenvalue weighted by Crippen LogP contribution is 2.37. The summed E-state index contributed by atoms with van der Waals surface area (Å²) in [4.78, 5) is 4.67. The van der Waals surface area contributed by atoms with Crippen LogP contribution in [0.5, 0.6) is 0 Å². The average Bonchev–Trinajstić information content (AvgIpc) is 2.68. The Balaban J connectivity index is 2.24. The van der Waals surface area contributed by atoms with E-state index in [-0.39, 0.29) is 5.54 Å². The van der Waals surface area contributed by atoms with Gasteiger partial charge in [0.1, 0.15) is 6.61 Å². The Morgan fingerprint density at radius 3 is 2.56 bits per heavy atom. The number of nitrogens with zero attached hydrogens (tertiary/aromatic N) is 1. The van der Waals surface area contributed by atoms with Crippen LogP contribution in [-0.2, 0) is 4.74 Å². The van der Waals surface area contributed by atoms with Crippen LogP contribution < -0.4 is 0 Å². The summed E-state index contributed by atoms with van der Waals surface area (Å²) in [6.45, 7) is 12.1. The first-order chi connectivity index (χ1) is 7.30. The van der Waals surface area contributed by atoms with Crippen molar-refractivity contribution in [3.63, 3.8) is 0 Å². The van der Waals surface area contributed by atoms with Crippen LogP contribution in [-0.4, -0.2) is 26.1 Å². The van der Waals surface area contributed by atoms with Crippen molar-refractivity contribution in [3.8, 4) is 0 Å². The third kappa shape index (κ3) is 2.14. The number of aliphatic imine (C=N–C) groups is 1. The molecule has 0 fully saturated rings. The fourth-order valence-corrected chi connectivity index (χ4v) is 4.01. The van der Waals surface area contributed by atoms with E-state index in [1.807, 2.05) is 0 Å². The lowest BCUT2D eigenvalue weighted by molar-refractivity contribution is 0.279. The van der Waals surface area contributed by atoms with Gasteiger partial charge in [0.15, 0.2) is 0 Å². The predicted molar refractivity (Wildman–Crippen MR) is 71.8 cm³/mol. The van der Waals surface area contributed by atoms with E-state index in [4.69, 9.17) is 4.74 Å². The first kappa shape index (κ1) is 11.6. The summed E-state index contributed by atoms with van der Waals surface area (Å²) < 4.78 is 5.74. The van der Waals surface area contributed by atoms with Gasteiger partial charge in [-0.3, -0.25) is 0 Å². The molecule has 1 aliphatic carbocycles. The highest BCUT2D eigenvalue weighted by molar-refractivity contribution is 6.79.